The molecule has 0 atom stereocenters. The van der Waals surface area contributed by atoms with Crippen molar-refractivity contribution in [3.05, 3.63) is 40.9 Å². The van der Waals surface area contributed by atoms with Crippen LogP contribution >= 0.6 is 23.1 Å². The number of amides is 1. The molecule has 0 aliphatic carbocycles. The minimum Gasteiger partial charge on any atom is -0.302 e. The molecule has 0 spiro atoms. The third-order valence-corrected chi connectivity index (χ3v) is 4.40. The molecule has 106 valence electrons. The van der Waals surface area contributed by atoms with Crippen molar-refractivity contribution in [3.8, 4) is 0 Å². The van der Waals surface area contributed by atoms with Crippen LogP contribution in [0.2, 0.25) is 0 Å². The normalized spacial score (nSPS) is 10.8. The van der Waals surface area contributed by atoms with Gasteiger partial charge in [0.2, 0.25) is 5.91 Å². The van der Waals surface area contributed by atoms with Crippen LogP contribution in [0.3, 0.4) is 0 Å². The van der Waals surface area contributed by atoms with E-state index in [-0.39, 0.29) is 5.91 Å². The van der Waals surface area contributed by atoms with Crippen LogP contribution in [0, 0.1) is 0 Å². The average Bonchev–Trinajstić information content (AvgIpc) is 2.88. The Morgan fingerprint density at radius 3 is 2.60 bits per heavy atom. The van der Waals surface area contributed by atoms with E-state index in [1.807, 2.05) is 35.9 Å². The molecular formula is C15H18N2OS2. The van der Waals surface area contributed by atoms with Crippen molar-refractivity contribution in [2.75, 3.05) is 11.6 Å². The molecule has 2 aromatic rings. The van der Waals surface area contributed by atoms with Gasteiger partial charge in [-0.05, 0) is 29.9 Å². The summed E-state index contributed by atoms with van der Waals surface area (Å²) in [6, 6.07) is 8.06. The Balaban J connectivity index is 1.93. The van der Waals surface area contributed by atoms with E-state index in [9.17, 15) is 4.79 Å². The number of carbonyl (C=O) groups is 1. The number of rotatable bonds is 5. The van der Waals surface area contributed by atoms with Gasteiger partial charge in [0.25, 0.3) is 0 Å². The highest BCUT2D eigenvalue weighted by Gasteiger charge is 2.09. The van der Waals surface area contributed by atoms with Gasteiger partial charge in [-0.15, -0.1) is 23.1 Å². The quantitative estimate of drug-likeness (QED) is 0.843. The fraction of sp³-hybridized carbons (Fsp3) is 0.333. The maximum Gasteiger partial charge on any atom is 0.230 e. The molecule has 5 heteroatoms. The van der Waals surface area contributed by atoms with Crippen LogP contribution in [0.4, 0.5) is 5.13 Å². The summed E-state index contributed by atoms with van der Waals surface area (Å²) in [6.07, 6.45) is 2.42. The molecule has 1 N–H and O–H groups in total. The molecule has 1 heterocycles. The highest BCUT2D eigenvalue weighted by atomic mass is 32.2. The van der Waals surface area contributed by atoms with Crippen molar-refractivity contribution in [1.29, 1.82) is 0 Å². The number of carbonyl (C=O) groups excluding carboxylic acids is 1. The lowest BCUT2D eigenvalue weighted by atomic mass is 10.1. The van der Waals surface area contributed by atoms with E-state index in [0.29, 0.717) is 17.5 Å². The van der Waals surface area contributed by atoms with Crippen molar-refractivity contribution >= 4 is 34.1 Å². The van der Waals surface area contributed by atoms with Crippen molar-refractivity contribution in [1.82, 2.24) is 4.98 Å². The Bertz CT molecular complexity index is 576. The predicted molar refractivity (Wildman–Crippen MR) is 86.8 cm³/mol. The summed E-state index contributed by atoms with van der Waals surface area (Å²) >= 11 is 3.17. The van der Waals surface area contributed by atoms with Gasteiger partial charge in [-0.1, -0.05) is 26.0 Å². The molecule has 0 aliphatic rings. The van der Waals surface area contributed by atoms with Crippen LogP contribution in [-0.4, -0.2) is 17.1 Å². The predicted octanol–water partition coefficient (Wildman–Crippen LogP) is 4.17. The van der Waals surface area contributed by atoms with Gasteiger partial charge >= 0.3 is 0 Å². The van der Waals surface area contributed by atoms with Crippen LogP contribution < -0.4 is 5.32 Å². The second-order valence-electron chi connectivity index (χ2n) is 4.81. The molecule has 20 heavy (non-hydrogen) atoms. The zero-order valence-electron chi connectivity index (χ0n) is 11.8. The van der Waals surface area contributed by atoms with E-state index >= 15 is 0 Å². The third-order valence-electron chi connectivity index (χ3n) is 2.88. The van der Waals surface area contributed by atoms with Gasteiger partial charge in [0.15, 0.2) is 5.13 Å². The molecule has 0 bridgehead atoms. The Morgan fingerprint density at radius 2 is 2.05 bits per heavy atom. The smallest absolute Gasteiger partial charge is 0.230 e. The molecule has 0 aliphatic heterocycles. The van der Waals surface area contributed by atoms with Crippen LogP contribution in [0.15, 0.2) is 34.5 Å². The minimum atomic E-state index is -0.0217. The molecule has 1 amide bonds. The molecule has 0 unspecified atom stereocenters. The molecule has 0 saturated heterocycles. The first-order valence-corrected chi connectivity index (χ1v) is 8.57. The average molecular weight is 306 g/mol. The number of hydrogen-bond donors (Lipinski definition) is 1. The van der Waals surface area contributed by atoms with E-state index in [1.54, 1.807) is 11.8 Å². The van der Waals surface area contributed by atoms with Crippen molar-refractivity contribution in [2.45, 2.75) is 31.1 Å². The first-order valence-electron chi connectivity index (χ1n) is 6.46. The first kappa shape index (κ1) is 15.1. The number of nitrogens with zero attached hydrogens (tertiary/aromatic N) is 1. The van der Waals surface area contributed by atoms with Crippen LogP contribution in [0.1, 0.15) is 31.0 Å². The number of benzene rings is 1. The van der Waals surface area contributed by atoms with Crippen molar-refractivity contribution in [3.63, 3.8) is 0 Å². The fourth-order valence-corrected chi connectivity index (χ4v) is 3.00. The molecule has 0 fully saturated rings. The van der Waals surface area contributed by atoms with E-state index < -0.39 is 0 Å². The van der Waals surface area contributed by atoms with Gasteiger partial charge in [0.05, 0.1) is 12.1 Å². The number of aromatic nitrogens is 1. The van der Waals surface area contributed by atoms with Crippen LogP contribution in [0.5, 0.6) is 0 Å². The highest BCUT2D eigenvalue weighted by molar-refractivity contribution is 7.98. The largest absolute Gasteiger partial charge is 0.302 e. The second-order valence-corrected chi connectivity index (χ2v) is 6.54. The maximum atomic E-state index is 12.0. The molecule has 1 aromatic heterocycles. The summed E-state index contributed by atoms with van der Waals surface area (Å²) in [5.41, 5.74) is 2.04. The summed E-state index contributed by atoms with van der Waals surface area (Å²) in [7, 11) is 0. The SMILES string of the molecule is CSc1ccc(CC(=O)Nc2nc(C(C)C)cs2)cc1. The zero-order valence-corrected chi connectivity index (χ0v) is 13.5. The summed E-state index contributed by atoms with van der Waals surface area (Å²) in [4.78, 5) is 17.6. The lowest BCUT2D eigenvalue weighted by molar-refractivity contribution is -0.115. The molecule has 3 nitrogen and oxygen atoms in total. The van der Waals surface area contributed by atoms with E-state index in [1.165, 1.54) is 16.2 Å². The lowest BCUT2D eigenvalue weighted by Gasteiger charge is -2.03. The molecule has 2 rings (SSSR count). The molecule has 0 saturated carbocycles. The Hall–Kier alpha value is -1.33. The van der Waals surface area contributed by atoms with Gasteiger partial charge in [-0.3, -0.25) is 4.79 Å². The van der Waals surface area contributed by atoms with Gasteiger partial charge < -0.3 is 5.32 Å². The molecular weight excluding hydrogens is 288 g/mol. The number of thioether (sulfide) groups is 1. The maximum absolute atomic E-state index is 12.0. The van der Waals surface area contributed by atoms with E-state index in [2.05, 4.69) is 24.1 Å². The van der Waals surface area contributed by atoms with Gasteiger partial charge in [-0.2, -0.15) is 0 Å². The van der Waals surface area contributed by atoms with Gasteiger partial charge in [0.1, 0.15) is 0 Å². The highest BCUT2D eigenvalue weighted by Crippen LogP contribution is 2.21. The van der Waals surface area contributed by atoms with Gasteiger partial charge in [-0.25, -0.2) is 4.98 Å². The summed E-state index contributed by atoms with van der Waals surface area (Å²) in [6.45, 7) is 4.18. The van der Waals surface area contributed by atoms with E-state index in [4.69, 9.17) is 0 Å². The Kier molecular flexibility index (Phi) is 5.20. The van der Waals surface area contributed by atoms with E-state index in [0.717, 1.165) is 11.3 Å². The number of thiazole rings is 1. The Morgan fingerprint density at radius 1 is 1.35 bits per heavy atom. The van der Waals surface area contributed by atoms with Crippen LogP contribution in [0.25, 0.3) is 0 Å². The second kappa shape index (κ2) is 6.90. The minimum absolute atomic E-state index is 0.0217. The summed E-state index contributed by atoms with van der Waals surface area (Å²) < 4.78 is 0. The lowest BCUT2D eigenvalue weighted by Crippen LogP contribution is -2.14. The van der Waals surface area contributed by atoms with Crippen molar-refractivity contribution in [2.24, 2.45) is 0 Å². The standard InChI is InChI=1S/C15H18N2OS2/c1-10(2)13-9-20-15(16-13)17-14(18)8-11-4-6-12(19-3)7-5-11/h4-7,9-10H,8H2,1-3H3,(H,16,17,18). The number of nitrogens with one attached hydrogen (secondary N) is 1. The topological polar surface area (TPSA) is 42.0 Å². The van der Waals surface area contributed by atoms with Crippen LogP contribution in [-0.2, 0) is 11.2 Å². The molecule has 0 radical (unpaired) electrons. The Labute approximate surface area is 127 Å². The first-order chi connectivity index (χ1) is 9.58. The zero-order chi connectivity index (χ0) is 14.5. The summed E-state index contributed by atoms with van der Waals surface area (Å²) in [5, 5.41) is 5.53. The third kappa shape index (κ3) is 4.08. The number of hydrogen-bond acceptors (Lipinski definition) is 4. The summed E-state index contributed by atoms with van der Waals surface area (Å²) in [5.74, 6) is 0.363. The number of anilines is 1. The van der Waals surface area contributed by atoms with Crippen molar-refractivity contribution < 1.29 is 4.79 Å². The van der Waals surface area contributed by atoms with Gasteiger partial charge in [0, 0.05) is 10.3 Å². The fourth-order valence-electron chi connectivity index (χ4n) is 1.70. The monoisotopic (exact) mass is 306 g/mol. The molecule has 1 aromatic carbocycles.